The first-order valence-corrected chi connectivity index (χ1v) is 6.57. The molecule has 106 valence electrons. The third-order valence-corrected chi connectivity index (χ3v) is 3.63. The van der Waals surface area contributed by atoms with E-state index in [9.17, 15) is 18.0 Å². The average molecular weight is 301 g/mol. The molecule has 0 spiro atoms. The van der Waals surface area contributed by atoms with E-state index in [2.05, 4.69) is 4.98 Å². The van der Waals surface area contributed by atoms with Crippen LogP contribution in [0.4, 0.5) is 13.2 Å². The lowest BCUT2D eigenvalue weighted by Gasteiger charge is -2.08. The topological polar surface area (TPSA) is 50.2 Å². The second kappa shape index (κ2) is 5.62. The molecule has 2 rings (SSSR count). The van der Waals surface area contributed by atoms with Crippen molar-refractivity contribution in [3.63, 3.8) is 0 Å². The predicted octanol–water partition coefficient (Wildman–Crippen LogP) is 3.65. The maximum absolute atomic E-state index is 12.6. The van der Waals surface area contributed by atoms with Crippen LogP contribution in [0.5, 0.6) is 0 Å². The predicted molar refractivity (Wildman–Crippen MR) is 67.9 cm³/mol. The zero-order valence-electron chi connectivity index (χ0n) is 10.1. The van der Waals surface area contributed by atoms with Crippen LogP contribution in [0, 0.1) is 0 Å². The van der Waals surface area contributed by atoms with E-state index in [4.69, 9.17) is 5.11 Å². The Morgan fingerprint density at radius 2 is 2.05 bits per heavy atom. The zero-order chi connectivity index (χ0) is 14.8. The van der Waals surface area contributed by atoms with Crippen LogP contribution in [0.2, 0.25) is 0 Å². The molecule has 1 aromatic heterocycles. The molecule has 0 fully saturated rings. The zero-order valence-corrected chi connectivity index (χ0v) is 11.0. The Kier molecular flexibility index (Phi) is 4.08. The van der Waals surface area contributed by atoms with Crippen molar-refractivity contribution in [3.8, 4) is 0 Å². The summed E-state index contributed by atoms with van der Waals surface area (Å²) >= 11 is 1.19. The molecule has 3 nitrogen and oxygen atoms in total. The Bertz CT molecular complexity index is 622. The number of benzene rings is 1. The van der Waals surface area contributed by atoms with Crippen LogP contribution in [0.25, 0.3) is 0 Å². The summed E-state index contributed by atoms with van der Waals surface area (Å²) in [6.07, 6.45) is -3.67. The molecule has 0 atom stereocenters. The summed E-state index contributed by atoms with van der Waals surface area (Å²) in [6.45, 7) is 0. The van der Waals surface area contributed by atoms with Gasteiger partial charge in [-0.1, -0.05) is 18.2 Å². The lowest BCUT2D eigenvalue weighted by atomic mass is 10.1. The van der Waals surface area contributed by atoms with E-state index in [1.165, 1.54) is 22.9 Å². The third-order valence-electron chi connectivity index (χ3n) is 2.74. The first-order valence-electron chi connectivity index (χ1n) is 5.69. The van der Waals surface area contributed by atoms with Gasteiger partial charge in [0.15, 0.2) is 5.69 Å². The van der Waals surface area contributed by atoms with Gasteiger partial charge in [0.1, 0.15) is 0 Å². The molecule has 0 amide bonds. The fourth-order valence-electron chi connectivity index (χ4n) is 1.78. The second-order valence-corrected chi connectivity index (χ2v) is 5.07. The number of carbonyl (C=O) groups is 1. The monoisotopic (exact) mass is 301 g/mol. The van der Waals surface area contributed by atoms with Crippen molar-refractivity contribution in [1.29, 1.82) is 0 Å². The minimum absolute atomic E-state index is 0.0259. The first kappa shape index (κ1) is 14.5. The normalized spacial score (nSPS) is 11.6. The maximum Gasteiger partial charge on any atom is 0.416 e. The van der Waals surface area contributed by atoms with Gasteiger partial charge in [-0.15, -0.1) is 11.3 Å². The van der Waals surface area contributed by atoms with Crippen molar-refractivity contribution in [2.45, 2.75) is 19.0 Å². The van der Waals surface area contributed by atoms with Crippen molar-refractivity contribution in [2.24, 2.45) is 0 Å². The molecule has 0 saturated heterocycles. The highest BCUT2D eigenvalue weighted by molar-refractivity contribution is 7.09. The largest absolute Gasteiger partial charge is 0.476 e. The van der Waals surface area contributed by atoms with Crippen LogP contribution in [0.3, 0.4) is 0 Å². The minimum atomic E-state index is -4.37. The quantitative estimate of drug-likeness (QED) is 0.938. The molecule has 0 aliphatic rings. The number of thiazole rings is 1. The number of nitrogens with zero attached hydrogens (tertiary/aromatic N) is 1. The maximum atomic E-state index is 12.6. The van der Waals surface area contributed by atoms with Gasteiger partial charge in [-0.3, -0.25) is 0 Å². The van der Waals surface area contributed by atoms with E-state index in [1.807, 2.05) is 0 Å². The van der Waals surface area contributed by atoms with Crippen LogP contribution in [-0.2, 0) is 19.0 Å². The van der Waals surface area contributed by atoms with Crippen molar-refractivity contribution in [3.05, 3.63) is 51.5 Å². The second-order valence-electron chi connectivity index (χ2n) is 4.13. The molecular weight excluding hydrogens is 291 g/mol. The summed E-state index contributed by atoms with van der Waals surface area (Å²) in [7, 11) is 0. The fourth-order valence-corrected chi connectivity index (χ4v) is 2.54. The summed E-state index contributed by atoms with van der Waals surface area (Å²) in [5.41, 5.74) is 1.22. The van der Waals surface area contributed by atoms with Gasteiger partial charge in [-0.05, 0) is 24.5 Å². The summed E-state index contributed by atoms with van der Waals surface area (Å²) in [4.78, 5) is 15.2. The van der Waals surface area contributed by atoms with E-state index < -0.39 is 17.7 Å². The number of rotatable bonds is 4. The molecule has 1 aromatic carbocycles. The number of hydrogen-bond acceptors (Lipinski definition) is 3. The average Bonchev–Trinajstić information content (AvgIpc) is 2.84. The number of alkyl halides is 3. The molecular formula is C13H10F3NO2S. The smallest absolute Gasteiger partial charge is 0.416 e. The third kappa shape index (κ3) is 3.36. The minimum Gasteiger partial charge on any atom is -0.476 e. The number of aryl methyl sites for hydroxylation is 2. The highest BCUT2D eigenvalue weighted by Crippen LogP contribution is 2.29. The van der Waals surface area contributed by atoms with E-state index in [-0.39, 0.29) is 5.69 Å². The Hall–Kier alpha value is -1.89. The van der Waals surface area contributed by atoms with E-state index in [1.54, 1.807) is 6.07 Å². The molecule has 1 N–H and O–H groups in total. The molecule has 20 heavy (non-hydrogen) atoms. The summed E-state index contributed by atoms with van der Waals surface area (Å²) in [6, 6.07) is 5.04. The number of aromatic nitrogens is 1. The standard InChI is InChI=1S/C13H10F3NO2S/c14-13(15,16)9-3-1-2-8(6-9)4-5-10-11(12(18)19)17-7-20-10/h1-3,6-7H,4-5H2,(H,18,19). The van der Waals surface area contributed by atoms with Crippen molar-refractivity contribution in [2.75, 3.05) is 0 Å². The highest BCUT2D eigenvalue weighted by Gasteiger charge is 2.30. The van der Waals surface area contributed by atoms with Crippen LogP contribution in [-0.4, -0.2) is 16.1 Å². The van der Waals surface area contributed by atoms with Crippen molar-refractivity contribution in [1.82, 2.24) is 4.98 Å². The SMILES string of the molecule is O=C(O)c1ncsc1CCc1cccc(C(F)(F)F)c1. The van der Waals surface area contributed by atoms with E-state index in [0.29, 0.717) is 23.3 Å². The Morgan fingerprint density at radius 1 is 1.30 bits per heavy atom. The van der Waals surface area contributed by atoms with E-state index >= 15 is 0 Å². The van der Waals surface area contributed by atoms with Gasteiger partial charge in [0.05, 0.1) is 11.1 Å². The van der Waals surface area contributed by atoms with Gasteiger partial charge in [0, 0.05) is 4.88 Å². The summed E-state index contributed by atoms with van der Waals surface area (Å²) in [5, 5.41) is 8.90. The van der Waals surface area contributed by atoms with E-state index in [0.717, 1.165) is 12.1 Å². The molecule has 0 aliphatic carbocycles. The molecule has 0 unspecified atom stereocenters. The van der Waals surface area contributed by atoms with Gasteiger partial charge >= 0.3 is 12.1 Å². The molecule has 0 bridgehead atoms. The Labute approximate surface area is 116 Å². The van der Waals surface area contributed by atoms with Crippen molar-refractivity contribution >= 4 is 17.3 Å². The lowest BCUT2D eigenvalue weighted by molar-refractivity contribution is -0.137. The van der Waals surface area contributed by atoms with Crippen LogP contribution >= 0.6 is 11.3 Å². The Balaban J connectivity index is 2.11. The highest BCUT2D eigenvalue weighted by atomic mass is 32.1. The molecule has 0 aliphatic heterocycles. The molecule has 2 aromatic rings. The van der Waals surface area contributed by atoms with Crippen LogP contribution in [0.15, 0.2) is 29.8 Å². The Morgan fingerprint density at radius 3 is 2.70 bits per heavy atom. The molecule has 1 heterocycles. The summed E-state index contributed by atoms with van der Waals surface area (Å²) < 4.78 is 37.7. The first-order chi connectivity index (χ1) is 9.38. The molecule has 0 saturated carbocycles. The van der Waals surface area contributed by atoms with Gasteiger partial charge in [-0.2, -0.15) is 13.2 Å². The number of hydrogen-bond donors (Lipinski definition) is 1. The van der Waals surface area contributed by atoms with Gasteiger partial charge in [-0.25, -0.2) is 9.78 Å². The van der Waals surface area contributed by atoms with Gasteiger partial charge in [0.2, 0.25) is 0 Å². The van der Waals surface area contributed by atoms with Crippen LogP contribution < -0.4 is 0 Å². The summed E-state index contributed by atoms with van der Waals surface area (Å²) in [5.74, 6) is -1.12. The fraction of sp³-hybridized carbons (Fsp3) is 0.231. The number of halogens is 3. The molecule has 0 radical (unpaired) electrons. The lowest BCUT2D eigenvalue weighted by Crippen LogP contribution is -2.06. The number of aromatic carboxylic acids is 1. The van der Waals surface area contributed by atoms with Gasteiger partial charge in [0.25, 0.3) is 0 Å². The molecule has 7 heteroatoms. The number of carboxylic acid groups (broad SMARTS) is 1. The van der Waals surface area contributed by atoms with Gasteiger partial charge < -0.3 is 5.11 Å². The van der Waals surface area contributed by atoms with Crippen LogP contribution in [0.1, 0.15) is 26.5 Å². The number of carboxylic acids is 1. The van der Waals surface area contributed by atoms with Crippen molar-refractivity contribution < 1.29 is 23.1 Å².